The highest BCUT2D eigenvalue weighted by Gasteiger charge is 2.57. The van der Waals surface area contributed by atoms with Crippen LogP contribution in [0.1, 0.15) is 72.1 Å². The van der Waals surface area contributed by atoms with E-state index < -0.39 is 0 Å². The monoisotopic (exact) mass is 354 g/mol. The molecule has 4 aliphatic rings. The van der Waals surface area contributed by atoms with Gasteiger partial charge in [-0.25, -0.2) is 0 Å². The van der Waals surface area contributed by atoms with E-state index in [0.29, 0.717) is 10.8 Å². The maximum absolute atomic E-state index is 11.4. The summed E-state index contributed by atoms with van der Waals surface area (Å²) in [5.41, 5.74) is 3.95. The third-order valence-electron chi connectivity index (χ3n) is 8.56. The van der Waals surface area contributed by atoms with Gasteiger partial charge < -0.3 is 4.74 Å². The highest BCUT2D eigenvalue weighted by molar-refractivity contribution is 5.66. The van der Waals surface area contributed by atoms with Gasteiger partial charge in [-0.2, -0.15) is 0 Å². The smallest absolute Gasteiger partial charge is 0.302 e. The molecule has 0 radical (unpaired) electrons. The molecule has 0 heterocycles. The topological polar surface area (TPSA) is 26.3 Å². The third kappa shape index (κ3) is 2.63. The van der Waals surface area contributed by atoms with Crippen molar-refractivity contribution in [2.75, 3.05) is 0 Å². The summed E-state index contributed by atoms with van der Waals surface area (Å²) >= 11 is 0. The summed E-state index contributed by atoms with van der Waals surface area (Å²) in [6, 6.07) is 0. The molecule has 0 saturated heterocycles. The van der Waals surface area contributed by atoms with E-state index in [0.717, 1.165) is 30.6 Å². The minimum atomic E-state index is -0.131. The Morgan fingerprint density at radius 1 is 1.19 bits per heavy atom. The van der Waals surface area contributed by atoms with E-state index in [1.165, 1.54) is 45.4 Å². The van der Waals surface area contributed by atoms with Gasteiger partial charge in [-0.05, 0) is 73.5 Å². The van der Waals surface area contributed by atoms with E-state index in [1.807, 2.05) is 6.08 Å². The number of ether oxygens (including phenoxy) is 1. The highest BCUT2D eigenvalue weighted by Crippen LogP contribution is 2.66. The summed E-state index contributed by atoms with van der Waals surface area (Å²) in [6.07, 6.45) is 16.6. The predicted octanol–water partition coefficient (Wildman–Crippen LogP) is 5.99. The third-order valence-corrected chi connectivity index (χ3v) is 8.56. The number of carbonyl (C=O) groups is 1. The molecular weight excluding hydrogens is 320 g/mol. The number of hydrogen-bond donors (Lipinski definition) is 0. The molecule has 3 fully saturated rings. The minimum Gasteiger partial charge on any atom is -0.462 e. The molecule has 3 saturated carbocycles. The Kier molecular flexibility index (Phi) is 4.44. The van der Waals surface area contributed by atoms with Gasteiger partial charge in [0, 0.05) is 13.3 Å². The van der Waals surface area contributed by atoms with Crippen LogP contribution in [0.4, 0.5) is 0 Å². The maximum atomic E-state index is 11.4. The van der Waals surface area contributed by atoms with E-state index in [-0.39, 0.29) is 12.1 Å². The lowest BCUT2D eigenvalue weighted by Crippen LogP contribution is -2.49. The summed E-state index contributed by atoms with van der Waals surface area (Å²) in [4.78, 5) is 11.4. The van der Waals surface area contributed by atoms with E-state index in [4.69, 9.17) is 4.74 Å². The first-order chi connectivity index (χ1) is 12.4. The van der Waals surface area contributed by atoms with Crippen LogP contribution in [0.5, 0.6) is 0 Å². The number of rotatable bonds is 2. The number of fused-ring (bicyclic) bond motifs is 5. The van der Waals surface area contributed by atoms with Gasteiger partial charge in [0.2, 0.25) is 0 Å². The van der Waals surface area contributed by atoms with Crippen molar-refractivity contribution in [3.05, 3.63) is 36.0 Å². The zero-order valence-electron chi connectivity index (χ0n) is 16.7. The van der Waals surface area contributed by atoms with E-state index >= 15 is 0 Å². The van der Waals surface area contributed by atoms with Crippen molar-refractivity contribution in [3.8, 4) is 0 Å². The Hall–Kier alpha value is -1.31. The van der Waals surface area contributed by atoms with Gasteiger partial charge in [-0.1, -0.05) is 49.8 Å². The lowest BCUT2D eigenvalue weighted by molar-refractivity contribution is -0.148. The lowest BCUT2D eigenvalue weighted by atomic mass is 9.48. The van der Waals surface area contributed by atoms with Crippen molar-refractivity contribution in [1.29, 1.82) is 0 Å². The Labute approximate surface area is 158 Å². The van der Waals surface area contributed by atoms with Gasteiger partial charge in [0.05, 0.1) is 0 Å². The number of hydrogen-bond acceptors (Lipinski definition) is 2. The van der Waals surface area contributed by atoms with Gasteiger partial charge in [0.1, 0.15) is 6.10 Å². The van der Waals surface area contributed by atoms with Crippen LogP contribution in [0.15, 0.2) is 36.0 Å². The van der Waals surface area contributed by atoms with Crippen LogP contribution in [0.3, 0.4) is 0 Å². The Morgan fingerprint density at radius 3 is 2.65 bits per heavy atom. The number of esters is 1. The molecule has 0 spiro atoms. The van der Waals surface area contributed by atoms with Crippen molar-refractivity contribution in [2.45, 2.75) is 78.2 Å². The summed E-state index contributed by atoms with van der Waals surface area (Å²) in [5, 5.41) is 0. The molecule has 4 aliphatic carbocycles. The maximum Gasteiger partial charge on any atom is 0.302 e. The molecule has 4 rings (SSSR count). The average molecular weight is 355 g/mol. The predicted molar refractivity (Wildman–Crippen MR) is 106 cm³/mol. The van der Waals surface area contributed by atoms with Crippen LogP contribution in [0.25, 0.3) is 0 Å². The van der Waals surface area contributed by atoms with Gasteiger partial charge in [-0.3, -0.25) is 4.79 Å². The summed E-state index contributed by atoms with van der Waals surface area (Å²) < 4.78 is 5.55. The largest absolute Gasteiger partial charge is 0.462 e. The molecule has 2 nitrogen and oxygen atoms in total. The molecule has 0 aliphatic heterocycles. The fraction of sp³-hybridized carbons (Fsp3) is 0.708. The summed E-state index contributed by atoms with van der Waals surface area (Å²) in [5.74, 6) is 2.33. The molecule has 0 N–H and O–H groups in total. The molecule has 26 heavy (non-hydrogen) atoms. The van der Waals surface area contributed by atoms with Gasteiger partial charge in [0.15, 0.2) is 0 Å². The van der Waals surface area contributed by atoms with Crippen molar-refractivity contribution < 1.29 is 9.53 Å². The second-order valence-electron chi connectivity index (χ2n) is 9.66. The lowest BCUT2D eigenvalue weighted by Gasteiger charge is -2.57. The van der Waals surface area contributed by atoms with Crippen molar-refractivity contribution in [2.24, 2.45) is 28.6 Å². The van der Waals surface area contributed by atoms with E-state index in [1.54, 1.807) is 11.1 Å². The van der Waals surface area contributed by atoms with Gasteiger partial charge in [0.25, 0.3) is 0 Å². The molecule has 0 aromatic carbocycles. The van der Waals surface area contributed by atoms with Crippen LogP contribution < -0.4 is 0 Å². The molecule has 0 amide bonds. The zero-order chi connectivity index (χ0) is 18.5. The molecule has 6 atom stereocenters. The van der Waals surface area contributed by atoms with Gasteiger partial charge >= 0.3 is 5.97 Å². The minimum absolute atomic E-state index is 0.103. The fourth-order valence-electron chi connectivity index (χ4n) is 7.23. The van der Waals surface area contributed by atoms with Crippen LogP contribution >= 0.6 is 0 Å². The molecule has 0 bridgehead atoms. The molecular formula is C24H34O2. The van der Waals surface area contributed by atoms with Crippen LogP contribution in [0.2, 0.25) is 0 Å². The van der Waals surface area contributed by atoms with Crippen molar-refractivity contribution in [3.63, 3.8) is 0 Å². The normalized spacial score (nSPS) is 46.0. The summed E-state index contributed by atoms with van der Waals surface area (Å²) in [6.45, 7) is 10.5. The van der Waals surface area contributed by atoms with Crippen LogP contribution in [-0.2, 0) is 9.53 Å². The Bertz CT molecular complexity index is 672. The fourth-order valence-corrected chi connectivity index (χ4v) is 7.23. The molecule has 6 unspecified atom stereocenters. The van der Waals surface area contributed by atoms with Crippen LogP contribution in [0, 0.1) is 28.6 Å². The zero-order valence-corrected chi connectivity index (χ0v) is 16.7. The Balaban J connectivity index is 1.60. The second kappa shape index (κ2) is 6.39. The first kappa shape index (κ1) is 18.1. The first-order valence-corrected chi connectivity index (χ1v) is 10.6. The molecule has 0 aromatic rings. The van der Waals surface area contributed by atoms with Gasteiger partial charge in [-0.15, -0.1) is 0 Å². The van der Waals surface area contributed by atoms with E-state index in [9.17, 15) is 4.79 Å². The average Bonchev–Trinajstić information content (AvgIpc) is 2.92. The number of allylic oxidation sites excluding steroid dienone is 4. The Morgan fingerprint density at radius 2 is 1.92 bits per heavy atom. The second-order valence-corrected chi connectivity index (χ2v) is 9.66. The van der Waals surface area contributed by atoms with E-state index in [2.05, 4.69) is 32.6 Å². The highest BCUT2D eigenvalue weighted by atomic mass is 16.5. The van der Waals surface area contributed by atoms with Crippen molar-refractivity contribution >= 4 is 5.97 Å². The molecule has 0 aromatic heterocycles. The number of carbonyl (C=O) groups excluding carboxylic acids is 1. The standard InChI is InChI=1S/C24H34O2/c1-5-6-17-8-10-21-20-9-7-18-15-19(26-16(2)25)11-13-24(18,4)22(20)12-14-23(17,21)3/h5-7,19-22H,1,8-15H2,2-4H3/b17-6+. The SMILES string of the molecule is C=C/C=C1\CCC2C3CC=C4CC(OC(C)=O)CCC4(C)C3CCC12C. The molecule has 2 heteroatoms. The first-order valence-electron chi connectivity index (χ1n) is 10.6. The summed E-state index contributed by atoms with van der Waals surface area (Å²) in [7, 11) is 0. The quantitative estimate of drug-likeness (QED) is 0.449. The molecule has 142 valence electrons. The van der Waals surface area contributed by atoms with Crippen LogP contribution in [-0.4, -0.2) is 12.1 Å². The van der Waals surface area contributed by atoms with Crippen molar-refractivity contribution in [1.82, 2.24) is 0 Å².